The first-order valence-electron chi connectivity index (χ1n) is 9.51. The highest BCUT2D eigenvalue weighted by atomic mass is 32.2. The predicted molar refractivity (Wildman–Crippen MR) is 111 cm³/mol. The van der Waals surface area contributed by atoms with Crippen molar-refractivity contribution in [2.24, 2.45) is 5.92 Å². The normalized spacial score (nSPS) is 15.0. The van der Waals surface area contributed by atoms with Gasteiger partial charge < -0.3 is 10.6 Å². The number of nitrogens with zero attached hydrogens (tertiary/aromatic N) is 1. The van der Waals surface area contributed by atoms with Crippen LogP contribution in [0.5, 0.6) is 0 Å². The van der Waals surface area contributed by atoms with Gasteiger partial charge in [0.05, 0.1) is 16.6 Å². The number of aromatic nitrogens is 1. The van der Waals surface area contributed by atoms with E-state index >= 15 is 0 Å². The largest absolute Gasteiger partial charge is 0.380 e. The van der Waals surface area contributed by atoms with E-state index in [4.69, 9.17) is 0 Å². The first-order valence-corrected chi connectivity index (χ1v) is 11.0. The summed E-state index contributed by atoms with van der Waals surface area (Å²) in [6.07, 6.45) is 4.61. The molecule has 2 aromatic rings. The predicted octanol–water partition coefficient (Wildman–Crippen LogP) is 4.00. The number of anilines is 2. The summed E-state index contributed by atoms with van der Waals surface area (Å²) in [5, 5.41) is 6.28. The molecule has 150 valence electrons. The van der Waals surface area contributed by atoms with Gasteiger partial charge in [-0.3, -0.25) is 4.79 Å². The first-order chi connectivity index (χ1) is 13.2. The maximum atomic E-state index is 12.4. The number of nitrogens with one attached hydrogen (secondary N) is 2. The van der Waals surface area contributed by atoms with Crippen LogP contribution in [0.3, 0.4) is 0 Å². The molecule has 6 nitrogen and oxygen atoms in total. The summed E-state index contributed by atoms with van der Waals surface area (Å²) in [4.78, 5) is 16.2. The zero-order chi connectivity index (χ0) is 20.4. The van der Waals surface area contributed by atoms with Gasteiger partial charge in [0.25, 0.3) is 0 Å². The van der Waals surface area contributed by atoms with Crippen molar-refractivity contribution >= 4 is 27.1 Å². The van der Waals surface area contributed by atoms with Crippen molar-refractivity contribution in [2.75, 3.05) is 10.6 Å². The third-order valence-electron chi connectivity index (χ3n) is 4.98. The third kappa shape index (κ3) is 4.52. The molecule has 0 unspecified atom stereocenters. The minimum absolute atomic E-state index is 0.0752. The molecule has 0 spiro atoms. The SMILES string of the molecule is CC(C)(C)S(=O)(=O)c1ccc(NCc2cccc(NC(=O)C3CCC3)c2)cn1. The summed E-state index contributed by atoms with van der Waals surface area (Å²) >= 11 is 0. The second kappa shape index (κ2) is 7.91. The van der Waals surface area contributed by atoms with E-state index in [0.717, 1.165) is 36.2 Å². The lowest BCUT2D eigenvalue weighted by molar-refractivity contribution is -0.122. The molecule has 0 saturated heterocycles. The summed E-state index contributed by atoms with van der Waals surface area (Å²) in [5.74, 6) is 0.243. The van der Waals surface area contributed by atoms with Crippen LogP contribution in [0.25, 0.3) is 0 Å². The summed E-state index contributed by atoms with van der Waals surface area (Å²) in [5.41, 5.74) is 2.54. The van der Waals surface area contributed by atoms with Gasteiger partial charge in [-0.05, 0) is 63.4 Å². The second-order valence-corrected chi connectivity index (χ2v) is 10.8. The Labute approximate surface area is 166 Å². The maximum Gasteiger partial charge on any atom is 0.227 e. The highest BCUT2D eigenvalue weighted by molar-refractivity contribution is 7.92. The van der Waals surface area contributed by atoms with Crippen molar-refractivity contribution in [3.8, 4) is 0 Å². The first kappa shape index (κ1) is 20.3. The Bertz CT molecular complexity index is 944. The zero-order valence-corrected chi connectivity index (χ0v) is 17.3. The van der Waals surface area contributed by atoms with Crippen molar-refractivity contribution in [1.29, 1.82) is 0 Å². The fourth-order valence-corrected chi connectivity index (χ4v) is 3.90. The summed E-state index contributed by atoms with van der Waals surface area (Å²) < 4.78 is 24.0. The average Bonchev–Trinajstić information content (AvgIpc) is 2.58. The van der Waals surface area contributed by atoms with E-state index in [2.05, 4.69) is 15.6 Å². The second-order valence-electron chi connectivity index (χ2n) is 8.17. The number of benzene rings is 1. The minimum atomic E-state index is -3.46. The quantitative estimate of drug-likeness (QED) is 0.764. The molecular formula is C21H27N3O3S. The van der Waals surface area contributed by atoms with Crippen LogP contribution >= 0.6 is 0 Å². The monoisotopic (exact) mass is 401 g/mol. The summed E-state index contributed by atoms with van der Waals surface area (Å²) in [7, 11) is -3.46. The van der Waals surface area contributed by atoms with Gasteiger partial charge in [-0.2, -0.15) is 0 Å². The highest BCUT2D eigenvalue weighted by Gasteiger charge is 2.31. The van der Waals surface area contributed by atoms with Crippen LogP contribution in [-0.2, 0) is 21.2 Å². The van der Waals surface area contributed by atoms with E-state index in [0.29, 0.717) is 6.54 Å². The number of hydrogen-bond donors (Lipinski definition) is 2. The maximum absolute atomic E-state index is 12.4. The topological polar surface area (TPSA) is 88.2 Å². The number of pyridine rings is 1. The Morgan fingerprint density at radius 2 is 1.89 bits per heavy atom. The Morgan fingerprint density at radius 1 is 1.14 bits per heavy atom. The van der Waals surface area contributed by atoms with Crippen LogP contribution in [-0.4, -0.2) is 24.1 Å². The van der Waals surface area contributed by atoms with E-state index in [9.17, 15) is 13.2 Å². The molecule has 0 radical (unpaired) electrons. The van der Waals surface area contributed by atoms with Crippen molar-refractivity contribution in [3.05, 3.63) is 48.2 Å². The molecule has 1 saturated carbocycles. The molecule has 1 fully saturated rings. The Balaban J connectivity index is 1.61. The van der Waals surface area contributed by atoms with E-state index in [1.807, 2.05) is 24.3 Å². The smallest absolute Gasteiger partial charge is 0.227 e. The van der Waals surface area contributed by atoms with Gasteiger partial charge in [0, 0.05) is 18.2 Å². The van der Waals surface area contributed by atoms with Crippen molar-refractivity contribution in [1.82, 2.24) is 4.98 Å². The highest BCUT2D eigenvalue weighted by Crippen LogP contribution is 2.28. The Kier molecular flexibility index (Phi) is 5.74. The van der Waals surface area contributed by atoms with Crippen LogP contribution in [0.15, 0.2) is 47.6 Å². The van der Waals surface area contributed by atoms with Gasteiger partial charge in [-0.25, -0.2) is 13.4 Å². The van der Waals surface area contributed by atoms with E-state index in [-0.39, 0.29) is 16.9 Å². The number of rotatable bonds is 6. The third-order valence-corrected chi connectivity index (χ3v) is 7.39. The molecule has 2 N–H and O–H groups in total. The zero-order valence-electron chi connectivity index (χ0n) is 16.5. The molecule has 1 heterocycles. The fraction of sp³-hybridized carbons (Fsp3) is 0.429. The molecule has 3 rings (SSSR count). The average molecular weight is 402 g/mol. The molecule has 1 aromatic carbocycles. The molecule has 28 heavy (non-hydrogen) atoms. The van der Waals surface area contributed by atoms with Crippen LogP contribution in [0, 0.1) is 5.92 Å². The molecule has 1 aromatic heterocycles. The van der Waals surface area contributed by atoms with E-state index in [1.165, 1.54) is 12.3 Å². The van der Waals surface area contributed by atoms with Crippen molar-refractivity contribution < 1.29 is 13.2 Å². The number of hydrogen-bond acceptors (Lipinski definition) is 5. The lowest BCUT2D eigenvalue weighted by atomic mass is 9.85. The molecular weight excluding hydrogens is 374 g/mol. The molecule has 0 atom stereocenters. The fourth-order valence-electron chi connectivity index (χ4n) is 2.84. The van der Waals surface area contributed by atoms with E-state index in [1.54, 1.807) is 26.8 Å². The molecule has 1 amide bonds. The van der Waals surface area contributed by atoms with Crippen molar-refractivity contribution in [3.63, 3.8) is 0 Å². The van der Waals surface area contributed by atoms with Crippen molar-refractivity contribution in [2.45, 2.75) is 56.4 Å². The van der Waals surface area contributed by atoms with Crippen LogP contribution < -0.4 is 10.6 Å². The lowest BCUT2D eigenvalue weighted by Crippen LogP contribution is -2.28. The molecule has 0 aliphatic heterocycles. The Morgan fingerprint density at radius 3 is 2.46 bits per heavy atom. The number of amides is 1. The Hall–Kier alpha value is -2.41. The van der Waals surface area contributed by atoms with E-state index < -0.39 is 14.6 Å². The standard InChI is InChI=1S/C21H27N3O3S/c1-21(2,3)28(26,27)19-11-10-18(14-23-19)22-13-15-6-4-9-17(12-15)24-20(25)16-7-5-8-16/h4,6,9-12,14,16,22H,5,7-8,13H2,1-3H3,(H,24,25). The van der Waals surface area contributed by atoms with Crippen LogP contribution in [0.2, 0.25) is 0 Å². The summed E-state index contributed by atoms with van der Waals surface area (Å²) in [6, 6.07) is 10.9. The number of carbonyl (C=O) groups excluding carboxylic acids is 1. The van der Waals surface area contributed by atoms with Gasteiger partial charge in [0.15, 0.2) is 14.9 Å². The molecule has 1 aliphatic rings. The lowest BCUT2D eigenvalue weighted by Gasteiger charge is -2.24. The molecule has 7 heteroatoms. The van der Waals surface area contributed by atoms with Crippen LogP contribution in [0.1, 0.15) is 45.6 Å². The number of sulfone groups is 1. The minimum Gasteiger partial charge on any atom is -0.380 e. The molecule has 0 bridgehead atoms. The summed E-state index contributed by atoms with van der Waals surface area (Å²) in [6.45, 7) is 5.52. The van der Waals surface area contributed by atoms with Gasteiger partial charge in [0.1, 0.15) is 0 Å². The molecule has 1 aliphatic carbocycles. The van der Waals surface area contributed by atoms with Gasteiger partial charge >= 0.3 is 0 Å². The van der Waals surface area contributed by atoms with Gasteiger partial charge in [-0.1, -0.05) is 18.6 Å². The van der Waals surface area contributed by atoms with Gasteiger partial charge in [-0.15, -0.1) is 0 Å². The number of carbonyl (C=O) groups is 1. The van der Waals surface area contributed by atoms with Gasteiger partial charge in [0.2, 0.25) is 5.91 Å². The van der Waals surface area contributed by atoms with Crippen LogP contribution in [0.4, 0.5) is 11.4 Å².